The van der Waals surface area contributed by atoms with E-state index in [-0.39, 0.29) is 11.6 Å². The number of hydrogen-bond acceptors (Lipinski definition) is 5. The van der Waals surface area contributed by atoms with Gasteiger partial charge < -0.3 is 15.4 Å². The predicted octanol–water partition coefficient (Wildman–Crippen LogP) is 3.76. The molecule has 106 valence electrons. The lowest BCUT2D eigenvalue weighted by Crippen LogP contribution is -1.87. The summed E-state index contributed by atoms with van der Waals surface area (Å²) in [6.07, 6.45) is 0. The van der Waals surface area contributed by atoms with E-state index in [0.717, 1.165) is 15.6 Å². The second-order valence-corrected chi connectivity index (χ2v) is 5.57. The number of benzene rings is 2. The van der Waals surface area contributed by atoms with Crippen LogP contribution in [0.4, 0.5) is 5.69 Å². The highest BCUT2D eigenvalue weighted by molar-refractivity contribution is 9.10. The first-order chi connectivity index (χ1) is 10.0. The standard InChI is InChI=1S/C15H12BrN3O2/c1-8-6-9(16)2-4-11(8)14-18-15(21-19-14)12-5-3-10(17)7-13(12)20/h2-7,20H,17H2,1H3. The molecule has 3 N–H and O–H groups in total. The van der Waals surface area contributed by atoms with Gasteiger partial charge in [-0.05, 0) is 42.8 Å². The Morgan fingerprint density at radius 1 is 1.14 bits per heavy atom. The van der Waals surface area contributed by atoms with Gasteiger partial charge in [0.1, 0.15) is 5.75 Å². The van der Waals surface area contributed by atoms with Gasteiger partial charge >= 0.3 is 0 Å². The molecule has 0 atom stereocenters. The van der Waals surface area contributed by atoms with Gasteiger partial charge in [0.05, 0.1) is 5.56 Å². The van der Waals surface area contributed by atoms with E-state index in [0.29, 0.717) is 17.1 Å². The van der Waals surface area contributed by atoms with Crippen molar-refractivity contribution in [2.45, 2.75) is 6.92 Å². The molecule has 6 heteroatoms. The second kappa shape index (κ2) is 5.21. The van der Waals surface area contributed by atoms with Crippen LogP contribution in [0.1, 0.15) is 5.56 Å². The fourth-order valence-electron chi connectivity index (χ4n) is 2.05. The second-order valence-electron chi connectivity index (χ2n) is 4.66. The number of nitrogens with zero attached hydrogens (tertiary/aromatic N) is 2. The molecule has 0 aliphatic heterocycles. The average molecular weight is 346 g/mol. The summed E-state index contributed by atoms with van der Waals surface area (Å²) in [5.41, 5.74) is 8.44. The van der Waals surface area contributed by atoms with Crippen LogP contribution in [0.2, 0.25) is 0 Å². The summed E-state index contributed by atoms with van der Waals surface area (Å²) >= 11 is 3.42. The van der Waals surface area contributed by atoms with E-state index in [2.05, 4.69) is 26.1 Å². The van der Waals surface area contributed by atoms with Crippen molar-refractivity contribution in [2.24, 2.45) is 0 Å². The molecule has 3 rings (SSSR count). The molecular weight excluding hydrogens is 334 g/mol. The number of rotatable bonds is 2. The number of aryl methyl sites for hydroxylation is 1. The molecule has 0 saturated carbocycles. The van der Waals surface area contributed by atoms with Crippen molar-refractivity contribution in [1.82, 2.24) is 10.1 Å². The molecule has 1 aromatic heterocycles. The van der Waals surface area contributed by atoms with Gasteiger partial charge in [-0.25, -0.2) is 0 Å². The topological polar surface area (TPSA) is 85.2 Å². The van der Waals surface area contributed by atoms with Crippen molar-refractivity contribution in [1.29, 1.82) is 0 Å². The number of nitrogens with two attached hydrogens (primary N) is 1. The third kappa shape index (κ3) is 2.62. The van der Waals surface area contributed by atoms with Gasteiger partial charge in [0, 0.05) is 21.8 Å². The van der Waals surface area contributed by atoms with Crippen LogP contribution in [0.25, 0.3) is 22.8 Å². The van der Waals surface area contributed by atoms with Gasteiger partial charge in [-0.15, -0.1) is 0 Å². The number of halogens is 1. The van der Waals surface area contributed by atoms with Crippen LogP contribution in [-0.2, 0) is 0 Å². The zero-order valence-corrected chi connectivity index (χ0v) is 12.8. The number of anilines is 1. The molecule has 0 bridgehead atoms. The van der Waals surface area contributed by atoms with Gasteiger partial charge in [0.25, 0.3) is 5.89 Å². The van der Waals surface area contributed by atoms with Crippen LogP contribution < -0.4 is 5.73 Å². The predicted molar refractivity (Wildman–Crippen MR) is 83.7 cm³/mol. The zero-order valence-electron chi connectivity index (χ0n) is 11.2. The minimum atomic E-state index is 0.0118. The molecule has 0 unspecified atom stereocenters. The summed E-state index contributed by atoms with van der Waals surface area (Å²) in [6, 6.07) is 10.6. The Morgan fingerprint density at radius 3 is 2.62 bits per heavy atom. The first-order valence-electron chi connectivity index (χ1n) is 6.23. The van der Waals surface area contributed by atoms with Crippen molar-refractivity contribution >= 4 is 21.6 Å². The van der Waals surface area contributed by atoms with E-state index in [1.165, 1.54) is 6.07 Å². The number of aromatic hydroxyl groups is 1. The smallest absolute Gasteiger partial charge is 0.262 e. The first-order valence-corrected chi connectivity index (χ1v) is 7.03. The molecule has 0 radical (unpaired) electrons. The summed E-state index contributed by atoms with van der Waals surface area (Å²) in [5.74, 6) is 0.744. The molecule has 0 aliphatic carbocycles. The highest BCUT2D eigenvalue weighted by Gasteiger charge is 2.15. The van der Waals surface area contributed by atoms with Crippen LogP contribution in [0, 0.1) is 6.92 Å². The summed E-state index contributed by atoms with van der Waals surface area (Å²) < 4.78 is 6.23. The normalized spacial score (nSPS) is 10.8. The molecule has 2 aromatic carbocycles. The quantitative estimate of drug-likeness (QED) is 0.690. The van der Waals surface area contributed by atoms with Crippen LogP contribution in [-0.4, -0.2) is 15.2 Å². The van der Waals surface area contributed by atoms with Gasteiger partial charge in [-0.2, -0.15) is 4.98 Å². The fraction of sp³-hybridized carbons (Fsp3) is 0.0667. The van der Waals surface area contributed by atoms with Gasteiger partial charge in [-0.3, -0.25) is 0 Å². The lowest BCUT2D eigenvalue weighted by Gasteiger charge is -2.01. The van der Waals surface area contributed by atoms with E-state index < -0.39 is 0 Å². The molecule has 0 fully saturated rings. The Balaban J connectivity index is 2.03. The number of aromatic nitrogens is 2. The number of nitrogen functional groups attached to an aromatic ring is 1. The van der Waals surface area contributed by atoms with E-state index >= 15 is 0 Å². The van der Waals surface area contributed by atoms with Crippen molar-refractivity contribution in [3.63, 3.8) is 0 Å². The number of hydrogen-bond donors (Lipinski definition) is 2. The van der Waals surface area contributed by atoms with E-state index in [1.807, 2.05) is 25.1 Å². The molecule has 1 heterocycles. The SMILES string of the molecule is Cc1cc(Br)ccc1-c1noc(-c2ccc(N)cc2O)n1. The molecule has 0 spiro atoms. The van der Waals surface area contributed by atoms with Crippen molar-refractivity contribution in [3.05, 3.63) is 46.4 Å². The molecular formula is C15H12BrN3O2. The minimum absolute atomic E-state index is 0.0118. The molecule has 3 aromatic rings. The largest absolute Gasteiger partial charge is 0.507 e. The number of phenolic OH excluding ortho intramolecular Hbond substituents is 1. The molecule has 5 nitrogen and oxygen atoms in total. The van der Waals surface area contributed by atoms with Crippen LogP contribution in [0.5, 0.6) is 5.75 Å². The minimum Gasteiger partial charge on any atom is -0.507 e. The Morgan fingerprint density at radius 2 is 1.90 bits per heavy atom. The molecule has 0 amide bonds. The van der Waals surface area contributed by atoms with Crippen LogP contribution in [0.3, 0.4) is 0 Å². The van der Waals surface area contributed by atoms with Crippen LogP contribution >= 0.6 is 15.9 Å². The van der Waals surface area contributed by atoms with Crippen LogP contribution in [0.15, 0.2) is 45.4 Å². The Kier molecular flexibility index (Phi) is 3.39. The van der Waals surface area contributed by atoms with Gasteiger partial charge in [-0.1, -0.05) is 21.1 Å². The van der Waals surface area contributed by atoms with Crippen molar-refractivity contribution in [2.75, 3.05) is 5.73 Å². The maximum atomic E-state index is 9.90. The monoisotopic (exact) mass is 345 g/mol. The summed E-state index contributed by atoms with van der Waals surface area (Å²) in [7, 11) is 0. The Labute approximate surface area is 129 Å². The van der Waals surface area contributed by atoms with Crippen molar-refractivity contribution in [3.8, 4) is 28.6 Å². The maximum absolute atomic E-state index is 9.90. The van der Waals surface area contributed by atoms with E-state index in [4.69, 9.17) is 10.3 Å². The fourth-order valence-corrected chi connectivity index (χ4v) is 2.53. The van der Waals surface area contributed by atoms with Gasteiger partial charge in [0.15, 0.2) is 0 Å². The lowest BCUT2D eigenvalue weighted by atomic mass is 10.1. The molecule has 21 heavy (non-hydrogen) atoms. The highest BCUT2D eigenvalue weighted by Crippen LogP contribution is 2.31. The highest BCUT2D eigenvalue weighted by atomic mass is 79.9. The molecule has 0 aliphatic rings. The lowest BCUT2D eigenvalue weighted by molar-refractivity contribution is 0.426. The van der Waals surface area contributed by atoms with Gasteiger partial charge in [0.2, 0.25) is 5.82 Å². The van der Waals surface area contributed by atoms with Crippen molar-refractivity contribution < 1.29 is 9.63 Å². The van der Waals surface area contributed by atoms with E-state index in [1.54, 1.807) is 12.1 Å². The summed E-state index contributed by atoms with van der Waals surface area (Å²) in [6.45, 7) is 1.97. The summed E-state index contributed by atoms with van der Waals surface area (Å²) in [4.78, 5) is 4.34. The summed E-state index contributed by atoms with van der Waals surface area (Å²) in [5, 5.41) is 13.9. The number of phenols is 1. The zero-order chi connectivity index (χ0) is 15.0. The third-order valence-electron chi connectivity index (χ3n) is 3.11. The first kappa shape index (κ1) is 13.6. The third-order valence-corrected chi connectivity index (χ3v) is 3.60. The molecule has 0 saturated heterocycles. The Hall–Kier alpha value is -2.34. The average Bonchev–Trinajstić information content (AvgIpc) is 2.87. The Bertz CT molecular complexity index is 748. The van der Waals surface area contributed by atoms with E-state index in [9.17, 15) is 5.11 Å². The maximum Gasteiger partial charge on any atom is 0.262 e.